The van der Waals surface area contributed by atoms with E-state index in [0.717, 1.165) is 60.5 Å². The molecule has 230 valence electrons. The molecule has 2 aliphatic heterocycles. The van der Waals surface area contributed by atoms with E-state index in [1.54, 1.807) is 28.7 Å². The second-order valence-electron chi connectivity index (χ2n) is 12.0. The average molecular weight is 639 g/mol. The van der Waals surface area contributed by atoms with Crippen molar-refractivity contribution in [3.05, 3.63) is 125 Å². The quantitative estimate of drug-likeness (QED) is 0.229. The molecule has 5 aromatic rings. The van der Waals surface area contributed by atoms with E-state index >= 15 is 0 Å². The van der Waals surface area contributed by atoms with Crippen molar-refractivity contribution < 1.29 is 8.42 Å². The van der Waals surface area contributed by atoms with Gasteiger partial charge >= 0.3 is 0 Å². The zero-order valence-electron chi connectivity index (χ0n) is 25.3. The first kappa shape index (κ1) is 29.7. The SMILES string of the molecule is CN(C)Cc1cccc(C2(N3CCN(c4ccncc4)CC3)CN(S(=O)(=O)c3cccc4cccnc34)c3ccc(Cl)cc32)c1. The van der Waals surface area contributed by atoms with E-state index in [2.05, 4.69) is 63.0 Å². The summed E-state index contributed by atoms with van der Waals surface area (Å²) in [6, 6.07) is 27.3. The fraction of sp³-hybridized carbons (Fsp3) is 0.257. The molecule has 0 bridgehead atoms. The molecule has 10 heteroatoms. The normalized spacial score (nSPS) is 18.9. The summed E-state index contributed by atoms with van der Waals surface area (Å²) in [5, 5.41) is 1.35. The molecule has 4 heterocycles. The highest BCUT2D eigenvalue weighted by molar-refractivity contribution is 7.93. The summed E-state index contributed by atoms with van der Waals surface area (Å²) in [4.78, 5) is 15.8. The molecule has 2 aromatic heterocycles. The molecule has 0 radical (unpaired) electrons. The third kappa shape index (κ3) is 5.23. The zero-order valence-corrected chi connectivity index (χ0v) is 26.9. The van der Waals surface area contributed by atoms with Crippen LogP contribution < -0.4 is 9.21 Å². The Balaban J connectivity index is 1.38. The second kappa shape index (κ2) is 11.7. The monoisotopic (exact) mass is 638 g/mol. The van der Waals surface area contributed by atoms with E-state index in [1.807, 2.05) is 54.9 Å². The Labute approximate surface area is 269 Å². The molecule has 8 nitrogen and oxygen atoms in total. The van der Waals surface area contributed by atoms with E-state index in [1.165, 1.54) is 0 Å². The molecule has 3 aromatic carbocycles. The zero-order chi connectivity index (χ0) is 31.2. The molecule has 1 fully saturated rings. The van der Waals surface area contributed by atoms with Gasteiger partial charge in [0, 0.05) is 73.0 Å². The van der Waals surface area contributed by atoms with Gasteiger partial charge in [-0.25, -0.2) is 8.42 Å². The van der Waals surface area contributed by atoms with Crippen molar-refractivity contribution in [3.63, 3.8) is 0 Å². The van der Waals surface area contributed by atoms with E-state index in [-0.39, 0.29) is 11.4 Å². The number of fused-ring (bicyclic) bond motifs is 2. The van der Waals surface area contributed by atoms with Crippen LogP contribution >= 0.6 is 11.6 Å². The van der Waals surface area contributed by atoms with Crippen molar-refractivity contribution in [2.75, 3.05) is 56.0 Å². The van der Waals surface area contributed by atoms with Crippen molar-refractivity contribution in [2.45, 2.75) is 17.0 Å². The molecular weight excluding hydrogens is 604 g/mol. The largest absolute Gasteiger partial charge is 0.369 e. The summed E-state index contributed by atoms with van der Waals surface area (Å²) in [7, 11) is 0.0904. The van der Waals surface area contributed by atoms with Crippen LogP contribution in [0.15, 0.2) is 108 Å². The summed E-state index contributed by atoms with van der Waals surface area (Å²) in [6.45, 7) is 4.03. The van der Waals surface area contributed by atoms with Gasteiger partial charge in [0.05, 0.1) is 23.3 Å². The van der Waals surface area contributed by atoms with Crippen molar-refractivity contribution in [3.8, 4) is 0 Å². The van der Waals surface area contributed by atoms with Crippen molar-refractivity contribution in [2.24, 2.45) is 0 Å². The minimum absolute atomic E-state index is 0.196. The number of nitrogens with zero attached hydrogens (tertiary/aromatic N) is 6. The van der Waals surface area contributed by atoms with Crippen LogP contribution in [0.1, 0.15) is 16.7 Å². The number of pyridine rings is 2. The van der Waals surface area contributed by atoms with E-state index in [4.69, 9.17) is 11.6 Å². The summed E-state index contributed by atoms with van der Waals surface area (Å²) in [6.07, 6.45) is 5.28. The first-order valence-corrected chi connectivity index (χ1v) is 16.9. The molecule has 7 rings (SSSR count). The van der Waals surface area contributed by atoms with Crippen LogP contribution in [0, 0.1) is 0 Å². The number of piperazine rings is 1. The van der Waals surface area contributed by atoms with Crippen molar-refractivity contribution >= 4 is 43.9 Å². The van der Waals surface area contributed by atoms with Gasteiger partial charge in [-0.3, -0.25) is 19.2 Å². The number of rotatable bonds is 7. The van der Waals surface area contributed by atoms with Crippen LogP contribution in [0.3, 0.4) is 0 Å². The lowest BCUT2D eigenvalue weighted by Gasteiger charge is -2.47. The Morgan fingerprint density at radius 1 is 0.867 bits per heavy atom. The number of aromatic nitrogens is 2. The maximum absolute atomic E-state index is 14.8. The van der Waals surface area contributed by atoms with Crippen molar-refractivity contribution in [1.29, 1.82) is 0 Å². The van der Waals surface area contributed by atoms with Gasteiger partial charge in [-0.15, -0.1) is 0 Å². The predicted molar refractivity (Wildman–Crippen MR) is 180 cm³/mol. The minimum atomic E-state index is -4.02. The highest BCUT2D eigenvalue weighted by atomic mass is 35.5. The Hall–Kier alpha value is -4.02. The number of benzene rings is 3. The lowest BCUT2D eigenvalue weighted by Crippen LogP contribution is -2.58. The van der Waals surface area contributed by atoms with Gasteiger partial charge in [0.1, 0.15) is 4.90 Å². The Bertz CT molecular complexity index is 1960. The molecule has 0 N–H and O–H groups in total. The molecular formula is C35H35ClN6O2S. The standard InChI is InChI=1S/C35H35ClN6O2S/c1-39(2)24-26-6-3-9-28(22-26)35(41-20-18-40(19-21-41)30-13-16-37-17-14-30)25-42(32-12-11-29(36)23-31(32)35)45(43,44)33-10-4-7-27-8-5-15-38-34(27)33/h3-17,22-23H,18-21,24-25H2,1-2H3. The molecule has 2 aliphatic rings. The molecule has 1 unspecified atom stereocenters. The number of para-hydroxylation sites is 1. The van der Waals surface area contributed by atoms with Gasteiger partial charge in [0.25, 0.3) is 10.0 Å². The first-order valence-electron chi connectivity index (χ1n) is 15.1. The van der Waals surface area contributed by atoms with Crippen LogP contribution in [-0.4, -0.2) is 75.0 Å². The third-order valence-corrected chi connectivity index (χ3v) is 11.0. The molecule has 1 atom stereocenters. The smallest absolute Gasteiger partial charge is 0.266 e. The average Bonchev–Trinajstić information content (AvgIpc) is 3.41. The molecule has 0 aliphatic carbocycles. The highest BCUT2D eigenvalue weighted by Gasteiger charge is 2.52. The van der Waals surface area contributed by atoms with Crippen molar-refractivity contribution in [1.82, 2.24) is 19.8 Å². The fourth-order valence-electron chi connectivity index (χ4n) is 6.95. The lowest BCUT2D eigenvalue weighted by molar-refractivity contribution is 0.128. The number of anilines is 2. The molecule has 0 amide bonds. The number of halogens is 1. The molecule has 0 spiro atoms. The van der Waals surface area contributed by atoms with Crippen LogP contribution in [0.25, 0.3) is 10.9 Å². The maximum atomic E-state index is 14.8. The van der Waals surface area contributed by atoms with Crippen LogP contribution in [-0.2, 0) is 22.1 Å². The van der Waals surface area contributed by atoms with Gasteiger partial charge in [-0.1, -0.05) is 54.1 Å². The predicted octanol–water partition coefficient (Wildman–Crippen LogP) is 5.62. The summed E-state index contributed by atoms with van der Waals surface area (Å²) in [5.74, 6) is 0. The molecule has 45 heavy (non-hydrogen) atoms. The number of sulfonamides is 1. The highest BCUT2D eigenvalue weighted by Crippen LogP contribution is 2.51. The van der Waals surface area contributed by atoms with Crippen LogP contribution in [0.4, 0.5) is 11.4 Å². The minimum Gasteiger partial charge on any atom is -0.369 e. The number of hydrogen-bond acceptors (Lipinski definition) is 7. The van der Waals surface area contributed by atoms with E-state index in [0.29, 0.717) is 16.2 Å². The topological polar surface area (TPSA) is 72.9 Å². The first-order chi connectivity index (χ1) is 21.8. The van der Waals surface area contributed by atoms with Gasteiger partial charge in [-0.05, 0) is 67.7 Å². The van der Waals surface area contributed by atoms with Gasteiger partial charge in [-0.2, -0.15) is 0 Å². The Kier molecular flexibility index (Phi) is 7.73. The maximum Gasteiger partial charge on any atom is 0.266 e. The fourth-order valence-corrected chi connectivity index (χ4v) is 8.80. The summed E-state index contributed by atoms with van der Waals surface area (Å²) >= 11 is 6.72. The third-order valence-electron chi connectivity index (χ3n) is 8.96. The molecule has 1 saturated heterocycles. The number of hydrogen-bond donors (Lipinski definition) is 0. The van der Waals surface area contributed by atoms with Gasteiger partial charge in [0.2, 0.25) is 0 Å². The van der Waals surface area contributed by atoms with E-state index in [9.17, 15) is 8.42 Å². The molecule has 0 saturated carbocycles. The van der Waals surface area contributed by atoms with Gasteiger partial charge in [0.15, 0.2) is 0 Å². The summed E-state index contributed by atoms with van der Waals surface area (Å²) in [5.41, 5.74) is 4.58. The lowest BCUT2D eigenvalue weighted by atomic mass is 9.81. The second-order valence-corrected chi connectivity index (χ2v) is 14.2. The van der Waals surface area contributed by atoms with Crippen LogP contribution in [0.2, 0.25) is 5.02 Å². The van der Waals surface area contributed by atoms with Gasteiger partial charge < -0.3 is 9.80 Å². The van der Waals surface area contributed by atoms with E-state index < -0.39 is 15.6 Å². The van der Waals surface area contributed by atoms with Crippen LogP contribution in [0.5, 0.6) is 0 Å². The Morgan fingerprint density at radius 3 is 2.40 bits per heavy atom. The summed E-state index contributed by atoms with van der Waals surface area (Å²) < 4.78 is 31.1. The Morgan fingerprint density at radius 2 is 1.62 bits per heavy atom.